The molecule has 0 bridgehead atoms. The van der Waals surface area contributed by atoms with E-state index in [1.807, 2.05) is 0 Å². The molecule has 0 radical (unpaired) electrons. The van der Waals surface area contributed by atoms with Gasteiger partial charge in [0.25, 0.3) is 0 Å². The highest BCUT2D eigenvalue weighted by atomic mass is 79.9. The van der Waals surface area contributed by atoms with Crippen molar-refractivity contribution in [3.63, 3.8) is 0 Å². The number of hydrogen-bond donors (Lipinski definition) is 0. The van der Waals surface area contributed by atoms with Crippen LogP contribution in [0, 0.1) is 17.5 Å². The summed E-state index contributed by atoms with van der Waals surface area (Å²) in [7, 11) is -1.08. The fourth-order valence-electron chi connectivity index (χ4n) is 1.53. The third-order valence-electron chi connectivity index (χ3n) is 2.33. The van der Waals surface area contributed by atoms with Gasteiger partial charge in [-0.15, -0.1) is 0 Å². The van der Waals surface area contributed by atoms with Crippen LogP contribution in [0.3, 0.4) is 0 Å². The molecule has 0 heterocycles. The van der Waals surface area contributed by atoms with E-state index >= 15 is 0 Å². The van der Waals surface area contributed by atoms with Gasteiger partial charge in [-0.2, -0.15) is 0 Å². The number of halogens is 4. The molecule has 0 saturated carbocycles. The first-order valence-electron chi connectivity index (χ1n) is 5.14. The Bertz CT molecular complexity index is 471. The first-order chi connectivity index (χ1) is 8.21. The maximum absolute atomic E-state index is 14.1. The van der Waals surface area contributed by atoms with Crippen molar-refractivity contribution in [2.24, 2.45) is 5.16 Å². The highest BCUT2D eigenvalue weighted by Crippen LogP contribution is 2.25. The predicted octanol–water partition coefficient (Wildman–Crippen LogP) is 3.39. The Morgan fingerprint density at radius 1 is 1.11 bits per heavy atom. The second-order valence-electron chi connectivity index (χ2n) is 4.71. The molecule has 18 heavy (non-hydrogen) atoms. The van der Waals surface area contributed by atoms with Gasteiger partial charge in [0.15, 0.2) is 11.6 Å². The molecule has 0 N–H and O–H groups in total. The molecule has 1 aromatic carbocycles. The molecule has 0 fully saturated rings. The number of oxime groups is 1. The summed E-state index contributed by atoms with van der Waals surface area (Å²) in [6.45, 7) is 5.22. The topological polar surface area (TPSA) is 21.6 Å². The van der Waals surface area contributed by atoms with Crippen LogP contribution < -0.4 is 5.19 Å². The summed E-state index contributed by atoms with van der Waals surface area (Å²) in [6.07, 6.45) is 0.930. The summed E-state index contributed by atoms with van der Waals surface area (Å²) in [5.74, 6) is -3.04. The van der Waals surface area contributed by atoms with E-state index in [-0.39, 0.29) is 15.2 Å². The lowest BCUT2D eigenvalue weighted by molar-refractivity contribution is 0.215. The minimum absolute atomic E-state index is 0.139. The molecule has 0 aliphatic rings. The Morgan fingerprint density at radius 2 is 1.67 bits per heavy atom. The minimum atomic E-state index is -2.34. The van der Waals surface area contributed by atoms with E-state index in [0.29, 0.717) is 0 Å². The van der Waals surface area contributed by atoms with Crippen molar-refractivity contribution in [2.45, 2.75) is 19.6 Å². The van der Waals surface area contributed by atoms with Gasteiger partial charge in [-0.25, -0.2) is 13.2 Å². The van der Waals surface area contributed by atoms with Crippen molar-refractivity contribution >= 4 is 35.4 Å². The second-order valence-corrected chi connectivity index (χ2v) is 10.5. The van der Waals surface area contributed by atoms with Crippen molar-refractivity contribution in [2.75, 3.05) is 7.11 Å². The summed E-state index contributed by atoms with van der Waals surface area (Å²) in [5, 5.41) is 3.16. The van der Waals surface area contributed by atoms with Crippen LogP contribution >= 0.6 is 15.9 Å². The van der Waals surface area contributed by atoms with Crippen LogP contribution in [0.2, 0.25) is 19.6 Å². The largest absolute Gasteiger partial charge is 0.399 e. The maximum atomic E-state index is 14.1. The zero-order valence-corrected chi connectivity index (χ0v) is 13.0. The number of nitrogens with zero attached hydrogens (tertiary/aromatic N) is 1. The molecule has 100 valence electrons. The minimum Gasteiger partial charge on any atom is -0.399 e. The van der Waals surface area contributed by atoms with Crippen molar-refractivity contribution in [1.29, 1.82) is 0 Å². The highest BCUT2D eigenvalue weighted by Gasteiger charge is 2.31. The lowest BCUT2D eigenvalue weighted by Crippen LogP contribution is -2.43. The quantitative estimate of drug-likeness (QED) is 0.358. The first kappa shape index (κ1) is 15.2. The van der Waals surface area contributed by atoms with Crippen molar-refractivity contribution in [3.8, 4) is 0 Å². The van der Waals surface area contributed by atoms with E-state index in [1.54, 1.807) is 19.6 Å². The fraction of sp³-hybridized carbons (Fsp3) is 0.364. The molecular weight excluding hydrogens is 327 g/mol. The molecule has 2 nitrogen and oxygen atoms in total. The molecule has 0 amide bonds. The van der Waals surface area contributed by atoms with Crippen LogP contribution in [0.25, 0.3) is 0 Å². The lowest BCUT2D eigenvalue weighted by Gasteiger charge is -2.20. The van der Waals surface area contributed by atoms with Crippen molar-refractivity contribution in [3.05, 3.63) is 27.5 Å². The number of rotatable bonds is 3. The molecule has 1 rings (SSSR count). The van der Waals surface area contributed by atoms with Crippen LogP contribution in [0.4, 0.5) is 13.2 Å². The van der Waals surface area contributed by atoms with Crippen LogP contribution in [0.1, 0.15) is 5.56 Å². The maximum Gasteiger partial charge on any atom is 0.168 e. The Hall–Kier alpha value is -0.823. The molecular formula is C11H13BrF3NOSi. The van der Waals surface area contributed by atoms with Gasteiger partial charge in [0, 0.05) is 5.19 Å². The number of benzene rings is 1. The fourth-order valence-corrected chi connectivity index (χ4v) is 3.74. The summed E-state index contributed by atoms with van der Waals surface area (Å²) in [5.41, 5.74) is -0.297. The van der Waals surface area contributed by atoms with E-state index < -0.39 is 25.5 Å². The normalized spacial score (nSPS) is 12.2. The predicted molar refractivity (Wildman–Crippen MR) is 71.6 cm³/mol. The second kappa shape index (κ2) is 5.44. The zero-order valence-electron chi connectivity index (χ0n) is 10.4. The van der Waals surface area contributed by atoms with E-state index in [1.165, 1.54) is 7.11 Å². The molecule has 0 atom stereocenters. The average Bonchev–Trinajstić information content (AvgIpc) is 2.25. The molecule has 7 heteroatoms. The van der Waals surface area contributed by atoms with Gasteiger partial charge >= 0.3 is 0 Å². The van der Waals surface area contributed by atoms with Gasteiger partial charge in [-0.05, 0) is 15.9 Å². The third kappa shape index (κ3) is 2.77. The Kier molecular flexibility index (Phi) is 4.60. The molecule has 0 aromatic heterocycles. The average molecular weight is 340 g/mol. The highest BCUT2D eigenvalue weighted by molar-refractivity contribution is 9.10. The summed E-state index contributed by atoms with van der Waals surface area (Å²) < 4.78 is 41.7. The van der Waals surface area contributed by atoms with Crippen molar-refractivity contribution < 1.29 is 18.0 Å². The Labute approximate surface area is 113 Å². The van der Waals surface area contributed by atoms with Crippen LogP contribution in [0.5, 0.6) is 0 Å². The first-order valence-corrected chi connectivity index (χ1v) is 9.44. The van der Waals surface area contributed by atoms with Gasteiger partial charge in [0.05, 0.1) is 24.3 Å². The van der Waals surface area contributed by atoms with Gasteiger partial charge < -0.3 is 4.84 Å². The monoisotopic (exact) mass is 339 g/mol. The molecule has 0 aliphatic carbocycles. The smallest absolute Gasteiger partial charge is 0.168 e. The zero-order chi connectivity index (χ0) is 14.1. The van der Waals surface area contributed by atoms with Crippen molar-refractivity contribution in [1.82, 2.24) is 0 Å². The summed E-state index contributed by atoms with van der Waals surface area (Å²) in [4.78, 5) is 4.38. The Balaban J connectivity index is 3.61. The van der Waals surface area contributed by atoms with E-state index in [0.717, 1.165) is 6.21 Å². The lowest BCUT2D eigenvalue weighted by atomic mass is 10.2. The molecule has 0 spiro atoms. The van der Waals surface area contributed by atoms with Crippen LogP contribution in [-0.2, 0) is 4.84 Å². The van der Waals surface area contributed by atoms with Gasteiger partial charge in [-0.3, -0.25) is 0 Å². The van der Waals surface area contributed by atoms with Gasteiger partial charge in [-0.1, -0.05) is 24.8 Å². The Morgan fingerprint density at radius 3 is 2.11 bits per heavy atom. The van der Waals surface area contributed by atoms with Gasteiger partial charge in [0.1, 0.15) is 12.9 Å². The van der Waals surface area contributed by atoms with Gasteiger partial charge in [0.2, 0.25) is 0 Å². The van der Waals surface area contributed by atoms with Crippen LogP contribution in [-0.4, -0.2) is 21.4 Å². The standard InChI is InChI=1S/C11H13BrF3NOSi/c1-17-16-5-6-7(12)9(14)11(18(2,3)4)10(15)8(6)13/h5H,1-4H3. The SMILES string of the molecule is CON=Cc1c(F)c(F)c([Si](C)(C)C)c(F)c1Br. The number of hydrogen-bond acceptors (Lipinski definition) is 2. The molecule has 0 aliphatic heterocycles. The van der Waals surface area contributed by atoms with E-state index in [9.17, 15) is 13.2 Å². The van der Waals surface area contributed by atoms with Crippen LogP contribution in [0.15, 0.2) is 9.63 Å². The summed E-state index contributed by atoms with van der Waals surface area (Å²) in [6, 6.07) is 0. The van der Waals surface area contributed by atoms with E-state index in [4.69, 9.17) is 0 Å². The summed E-state index contributed by atoms with van der Waals surface area (Å²) >= 11 is 2.93. The van der Waals surface area contributed by atoms with E-state index in [2.05, 4.69) is 25.9 Å². The molecule has 1 aromatic rings. The molecule has 0 unspecified atom stereocenters. The third-order valence-corrected chi connectivity index (χ3v) is 5.05. The molecule has 0 saturated heterocycles.